The zero-order valence-corrected chi connectivity index (χ0v) is 11.2. The van der Waals surface area contributed by atoms with Crippen LogP contribution in [0.2, 0.25) is 0 Å². The normalized spacial score (nSPS) is 19.4. The van der Waals surface area contributed by atoms with Gasteiger partial charge in [0.2, 0.25) is 0 Å². The highest BCUT2D eigenvalue weighted by Gasteiger charge is 2.15. The fourth-order valence-electron chi connectivity index (χ4n) is 2.57. The average molecular weight is 235 g/mol. The summed E-state index contributed by atoms with van der Waals surface area (Å²) in [5, 5.41) is 8.00. The minimum Gasteiger partial charge on any atom is -0.317 e. The molecule has 1 aromatic rings. The molecule has 2 rings (SSSR count). The number of hydrogen-bond donors (Lipinski definition) is 1. The van der Waals surface area contributed by atoms with Gasteiger partial charge in [0.15, 0.2) is 0 Å². The Morgan fingerprint density at radius 3 is 2.88 bits per heavy atom. The molecule has 1 fully saturated rings. The number of rotatable bonds is 5. The lowest BCUT2D eigenvalue weighted by atomic mass is 9.96. The van der Waals surface area contributed by atoms with Crippen molar-refractivity contribution in [2.75, 3.05) is 7.05 Å². The van der Waals surface area contributed by atoms with E-state index in [1.807, 2.05) is 7.05 Å². The van der Waals surface area contributed by atoms with E-state index >= 15 is 0 Å². The van der Waals surface area contributed by atoms with E-state index in [4.69, 9.17) is 5.10 Å². The first-order valence-corrected chi connectivity index (χ1v) is 7.01. The lowest BCUT2D eigenvalue weighted by Gasteiger charge is -2.21. The highest BCUT2D eigenvalue weighted by molar-refractivity contribution is 5.00. The summed E-state index contributed by atoms with van der Waals surface area (Å²) in [5.74, 6) is 0. The van der Waals surface area contributed by atoms with Crippen LogP contribution in [0.4, 0.5) is 0 Å². The Kier molecular flexibility index (Phi) is 4.60. The minimum absolute atomic E-state index is 0.579. The van der Waals surface area contributed by atoms with E-state index in [2.05, 4.69) is 29.2 Å². The van der Waals surface area contributed by atoms with Crippen molar-refractivity contribution in [1.82, 2.24) is 15.1 Å². The second kappa shape index (κ2) is 6.20. The molecule has 0 spiro atoms. The first-order valence-electron chi connectivity index (χ1n) is 7.01. The van der Waals surface area contributed by atoms with Gasteiger partial charge in [0, 0.05) is 12.2 Å². The molecule has 1 heterocycles. The lowest BCUT2D eigenvalue weighted by Crippen LogP contribution is -2.21. The predicted octanol–water partition coefficient (Wildman–Crippen LogP) is 2.93. The van der Waals surface area contributed by atoms with Crippen molar-refractivity contribution in [2.45, 2.75) is 64.0 Å². The van der Waals surface area contributed by atoms with Crippen LogP contribution in [0.15, 0.2) is 12.3 Å². The largest absolute Gasteiger partial charge is 0.317 e. The average Bonchev–Trinajstić information content (AvgIpc) is 2.86. The Morgan fingerprint density at radius 2 is 2.18 bits per heavy atom. The second-order valence-corrected chi connectivity index (χ2v) is 5.31. The fraction of sp³-hybridized carbons (Fsp3) is 0.786. The van der Waals surface area contributed by atoms with Crippen molar-refractivity contribution in [2.24, 2.45) is 0 Å². The summed E-state index contributed by atoms with van der Waals surface area (Å²) in [4.78, 5) is 0. The Morgan fingerprint density at radius 1 is 1.41 bits per heavy atom. The van der Waals surface area contributed by atoms with Gasteiger partial charge in [0.05, 0.1) is 11.7 Å². The number of aryl methyl sites for hydroxylation is 1. The first kappa shape index (κ1) is 12.6. The predicted molar refractivity (Wildman–Crippen MR) is 71.2 cm³/mol. The van der Waals surface area contributed by atoms with E-state index in [-0.39, 0.29) is 0 Å². The summed E-state index contributed by atoms with van der Waals surface area (Å²) >= 11 is 0. The molecule has 1 aliphatic carbocycles. The third kappa shape index (κ3) is 3.56. The number of nitrogens with one attached hydrogen (secondary N) is 1. The van der Waals surface area contributed by atoms with E-state index in [0.29, 0.717) is 12.1 Å². The van der Waals surface area contributed by atoms with Crippen molar-refractivity contribution in [3.63, 3.8) is 0 Å². The lowest BCUT2D eigenvalue weighted by molar-refractivity contribution is 0.328. The van der Waals surface area contributed by atoms with Crippen LogP contribution in [0.5, 0.6) is 0 Å². The maximum Gasteiger partial charge on any atom is 0.0625 e. The van der Waals surface area contributed by atoms with Crippen LogP contribution in [-0.4, -0.2) is 22.9 Å². The van der Waals surface area contributed by atoms with Gasteiger partial charge in [0.25, 0.3) is 0 Å². The van der Waals surface area contributed by atoms with Gasteiger partial charge in [-0.1, -0.05) is 19.3 Å². The maximum absolute atomic E-state index is 4.73. The summed E-state index contributed by atoms with van der Waals surface area (Å²) in [6, 6.07) is 3.44. The standard InChI is InChI=1S/C14H25N3/c1-12(15-2)8-9-13-10-11-17(16-13)14-6-4-3-5-7-14/h10-12,14-15H,3-9H2,1-2H3. The van der Waals surface area contributed by atoms with Crippen LogP contribution < -0.4 is 5.32 Å². The summed E-state index contributed by atoms with van der Waals surface area (Å²) in [6.07, 6.45) is 11.2. The van der Waals surface area contributed by atoms with Gasteiger partial charge in [-0.3, -0.25) is 4.68 Å². The van der Waals surface area contributed by atoms with Crippen LogP contribution in [-0.2, 0) is 6.42 Å². The quantitative estimate of drug-likeness (QED) is 0.850. The molecule has 0 aliphatic heterocycles. The van der Waals surface area contributed by atoms with Gasteiger partial charge < -0.3 is 5.32 Å². The number of hydrogen-bond acceptors (Lipinski definition) is 2. The molecule has 1 atom stereocenters. The van der Waals surface area contributed by atoms with E-state index < -0.39 is 0 Å². The van der Waals surface area contributed by atoms with Crippen molar-refractivity contribution >= 4 is 0 Å². The molecule has 96 valence electrons. The molecule has 3 nitrogen and oxygen atoms in total. The summed E-state index contributed by atoms with van der Waals surface area (Å²) in [6.45, 7) is 2.22. The Bertz CT molecular complexity index is 326. The van der Waals surface area contributed by atoms with Crippen LogP contribution in [0, 0.1) is 0 Å². The molecule has 17 heavy (non-hydrogen) atoms. The van der Waals surface area contributed by atoms with Crippen LogP contribution in [0.3, 0.4) is 0 Å². The smallest absolute Gasteiger partial charge is 0.0625 e. The van der Waals surface area contributed by atoms with Crippen LogP contribution in [0.1, 0.15) is 57.2 Å². The topological polar surface area (TPSA) is 29.9 Å². The molecule has 1 unspecified atom stereocenters. The minimum atomic E-state index is 0.579. The molecular weight excluding hydrogens is 210 g/mol. The zero-order valence-electron chi connectivity index (χ0n) is 11.2. The van der Waals surface area contributed by atoms with E-state index in [1.54, 1.807) is 0 Å². The van der Waals surface area contributed by atoms with Crippen LogP contribution in [0.25, 0.3) is 0 Å². The molecule has 1 N–H and O–H groups in total. The zero-order chi connectivity index (χ0) is 12.1. The van der Waals surface area contributed by atoms with Crippen molar-refractivity contribution in [1.29, 1.82) is 0 Å². The number of aromatic nitrogens is 2. The monoisotopic (exact) mass is 235 g/mol. The second-order valence-electron chi connectivity index (χ2n) is 5.31. The molecule has 1 aromatic heterocycles. The van der Waals surface area contributed by atoms with Gasteiger partial charge in [-0.05, 0) is 45.7 Å². The third-order valence-electron chi connectivity index (χ3n) is 3.94. The van der Waals surface area contributed by atoms with Gasteiger partial charge in [-0.15, -0.1) is 0 Å². The Hall–Kier alpha value is -0.830. The highest BCUT2D eigenvalue weighted by atomic mass is 15.3. The van der Waals surface area contributed by atoms with Crippen molar-refractivity contribution in [3.05, 3.63) is 18.0 Å². The third-order valence-corrected chi connectivity index (χ3v) is 3.94. The Labute approximate surface area is 105 Å². The van der Waals surface area contributed by atoms with E-state index in [9.17, 15) is 0 Å². The van der Waals surface area contributed by atoms with Crippen LogP contribution >= 0.6 is 0 Å². The highest BCUT2D eigenvalue weighted by Crippen LogP contribution is 2.27. The van der Waals surface area contributed by atoms with Gasteiger partial charge in [-0.2, -0.15) is 5.10 Å². The molecular formula is C14H25N3. The SMILES string of the molecule is CNC(C)CCc1ccn(C2CCCCC2)n1. The van der Waals surface area contributed by atoms with Crippen molar-refractivity contribution < 1.29 is 0 Å². The van der Waals surface area contributed by atoms with Gasteiger partial charge in [-0.25, -0.2) is 0 Å². The summed E-state index contributed by atoms with van der Waals surface area (Å²) in [5.41, 5.74) is 1.25. The summed E-state index contributed by atoms with van der Waals surface area (Å²) in [7, 11) is 2.02. The first-order chi connectivity index (χ1) is 8.29. The van der Waals surface area contributed by atoms with Gasteiger partial charge in [0.1, 0.15) is 0 Å². The fourth-order valence-corrected chi connectivity index (χ4v) is 2.57. The van der Waals surface area contributed by atoms with E-state index in [0.717, 1.165) is 12.8 Å². The molecule has 0 amide bonds. The molecule has 0 saturated heterocycles. The maximum atomic E-state index is 4.73. The molecule has 1 saturated carbocycles. The molecule has 3 heteroatoms. The molecule has 0 radical (unpaired) electrons. The van der Waals surface area contributed by atoms with Gasteiger partial charge >= 0.3 is 0 Å². The number of nitrogens with zero attached hydrogens (tertiary/aromatic N) is 2. The van der Waals surface area contributed by atoms with E-state index in [1.165, 1.54) is 37.8 Å². The Balaban J connectivity index is 1.86. The molecule has 0 bridgehead atoms. The summed E-state index contributed by atoms with van der Waals surface area (Å²) < 4.78 is 2.21. The molecule has 0 aromatic carbocycles. The van der Waals surface area contributed by atoms with Crippen molar-refractivity contribution in [3.8, 4) is 0 Å². The molecule has 1 aliphatic rings.